The fourth-order valence-electron chi connectivity index (χ4n) is 5.48. The Morgan fingerprint density at radius 3 is 1.08 bits per heavy atom. The third-order valence-corrected chi connectivity index (χ3v) is 10.2. The van der Waals surface area contributed by atoms with Gasteiger partial charge in [-0.1, -0.05) is 48.5 Å². The van der Waals surface area contributed by atoms with Crippen molar-refractivity contribution in [3.63, 3.8) is 0 Å². The number of rotatable bonds is 8. The lowest BCUT2D eigenvalue weighted by atomic mass is 9.71. The lowest BCUT2D eigenvalue weighted by molar-refractivity contribution is -0.288. The first-order valence-electron chi connectivity index (χ1n) is 13.9. The first kappa shape index (κ1) is 35.4. The number of carbonyl (C=O) groups is 4. The minimum atomic E-state index is -6.31. The van der Waals surface area contributed by atoms with Crippen molar-refractivity contribution in [2.45, 2.75) is 27.6 Å². The van der Waals surface area contributed by atoms with Crippen molar-refractivity contribution in [3.05, 3.63) is 130 Å². The SMILES string of the molecule is O=C1c2ccc(C(c3ccc4c(c3)C(=O)N(OS(=O)(=O)c3ccccc3)C4=O)(C(F)(F)F)C(F)(F)F)cc2C(=O)N1OS(=O)(=O)c1ccccc1. The van der Waals surface area contributed by atoms with Gasteiger partial charge in [0.1, 0.15) is 0 Å². The van der Waals surface area contributed by atoms with Crippen LogP contribution in [0.3, 0.4) is 0 Å². The van der Waals surface area contributed by atoms with E-state index in [1.807, 2.05) is 0 Å². The monoisotopic (exact) mass is 754 g/mol. The number of nitrogens with zero attached hydrogens (tertiary/aromatic N) is 2. The van der Waals surface area contributed by atoms with Gasteiger partial charge >= 0.3 is 32.6 Å². The smallest absolute Gasteiger partial charge is 0.266 e. The summed E-state index contributed by atoms with van der Waals surface area (Å²) in [5, 5.41) is -0.672. The number of carbonyl (C=O) groups excluding carboxylic acids is 4. The Morgan fingerprint density at radius 1 is 0.451 bits per heavy atom. The highest BCUT2D eigenvalue weighted by Crippen LogP contribution is 2.57. The molecule has 264 valence electrons. The average Bonchev–Trinajstić information content (AvgIpc) is 3.43. The number of halogens is 6. The first-order valence-corrected chi connectivity index (χ1v) is 16.7. The van der Waals surface area contributed by atoms with Gasteiger partial charge in [0.15, 0.2) is 0 Å². The lowest BCUT2D eigenvalue weighted by Gasteiger charge is -2.38. The molecule has 6 rings (SSSR count). The summed E-state index contributed by atoms with van der Waals surface area (Å²) in [5.74, 6) is -6.45. The third-order valence-electron chi connectivity index (χ3n) is 7.82. The van der Waals surface area contributed by atoms with Crippen LogP contribution in [0, 0.1) is 0 Å². The summed E-state index contributed by atoms with van der Waals surface area (Å²) < 4.78 is 150. The highest BCUT2D eigenvalue weighted by Gasteiger charge is 2.73. The van der Waals surface area contributed by atoms with Gasteiger partial charge in [-0.15, -0.1) is 18.7 Å². The number of fused-ring (bicyclic) bond motifs is 2. The van der Waals surface area contributed by atoms with Gasteiger partial charge in [0.2, 0.25) is 5.41 Å². The Morgan fingerprint density at radius 2 is 0.765 bits per heavy atom. The molecule has 0 atom stereocenters. The molecule has 12 nitrogen and oxygen atoms in total. The van der Waals surface area contributed by atoms with Crippen LogP contribution in [-0.2, 0) is 34.2 Å². The zero-order chi connectivity index (χ0) is 37.3. The van der Waals surface area contributed by atoms with E-state index in [9.17, 15) is 36.0 Å². The molecule has 0 N–H and O–H groups in total. The van der Waals surface area contributed by atoms with Crippen LogP contribution in [0.1, 0.15) is 52.6 Å². The average molecular weight is 755 g/mol. The summed E-state index contributed by atoms with van der Waals surface area (Å²) in [4.78, 5) is 51.0. The summed E-state index contributed by atoms with van der Waals surface area (Å²) in [7, 11) is -9.78. The van der Waals surface area contributed by atoms with E-state index < -0.39 is 105 Å². The molecule has 20 heteroatoms. The predicted octanol–water partition coefficient (Wildman–Crippen LogP) is 4.93. The van der Waals surface area contributed by atoms with Gasteiger partial charge in [-0.3, -0.25) is 19.2 Å². The van der Waals surface area contributed by atoms with Crippen LogP contribution in [0.2, 0.25) is 0 Å². The molecule has 0 unspecified atom stereocenters. The Hall–Kier alpha value is -5.44. The maximum Gasteiger partial charge on any atom is 0.411 e. The number of benzene rings is 4. The van der Waals surface area contributed by atoms with Crippen LogP contribution in [0.15, 0.2) is 107 Å². The Labute approximate surface area is 282 Å². The molecule has 0 bridgehead atoms. The molecule has 2 heterocycles. The van der Waals surface area contributed by atoms with Crippen molar-refractivity contribution < 1.29 is 70.9 Å². The molecule has 51 heavy (non-hydrogen) atoms. The van der Waals surface area contributed by atoms with Crippen molar-refractivity contribution in [1.29, 1.82) is 0 Å². The fraction of sp³-hybridized carbons (Fsp3) is 0.0968. The molecule has 2 aliphatic heterocycles. The van der Waals surface area contributed by atoms with Gasteiger partial charge in [-0.25, -0.2) is 0 Å². The van der Waals surface area contributed by atoms with Crippen molar-refractivity contribution in [1.82, 2.24) is 10.1 Å². The fourth-order valence-corrected chi connectivity index (χ4v) is 7.29. The van der Waals surface area contributed by atoms with E-state index in [1.54, 1.807) is 0 Å². The van der Waals surface area contributed by atoms with E-state index in [2.05, 4.69) is 8.57 Å². The molecular weight excluding hydrogens is 738 g/mol. The molecule has 4 aromatic carbocycles. The molecule has 0 aromatic heterocycles. The number of imide groups is 2. The van der Waals surface area contributed by atoms with Gasteiger partial charge in [-0.05, 0) is 59.7 Å². The maximum atomic E-state index is 15.0. The molecule has 0 spiro atoms. The summed E-state index contributed by atoms with van der Waals surface area (Å²) in [6, 6.07) is 13.5. The quantitative estimate of drug-likeness (QED) is 0.178. The summed E-state index contributed by atoms with van der Waals surface area (Å²) in [5.41, 5.74) is -12.2. The van der Waals surface area contributed by atoms with Gasteiger partial charge < -0.3 is 0 Å². The van der Waals surface area contributed by atoms with Gasteiger partial charge in [0, 0.05) is 0 Å². The molecule has 0 saturated carbocycles. The van der Waals surface area contributed by atoms with Crippen molar-refractivity contribution in [2.75, 3.05) is 0 Å². The molecule has 4 aromatic rings. The minimum absolute atomic E-state index is 0.0804. The van der Waals surface area contributed by atoms with Gasteiger partial charge in [0.25, 0.3) is 23.6 Å². The molecule has 0 saturated heterocycles. The van der Waals surface area contributed by atoms with Gasteiger partial charge in [0.05, 0.1) is 32.0 Å². The number of hydrogen-bond donors (Lipinski definition) is 0. The molecule has 0 aliphatic carbocycles. The molecule has 2 aliphatic rings. The normalized spacial score (nSPS) is 15.4. The number of hydroxylamine groups is 4. The van der Waals surface area contributed by atoms with Crippen LogP contribution in [0.5, 0.6) is 0 Å². The number of amides is 4. The minimum Gasteiger partial charge on any atom is -0.266 e. The van der Waals surface area contributed by atoms with Crippen LogP contribution < -0.4 is 0 Å². The predicted molar refractivity (Wildman–Crippen MR) is 156 cm³/mol. The summed E-state index contributed by atoms with van der Waals surface area (Å²) in [6.45, 7) is 0. The molecule has 0 fully saturated rings. The van der Waals surface area contributed by atoms with E-state index in [-0.39, 0.29) is 34.4 Å². The van der Waals surface area contributed by atoms with Crippen molar-refractivity contribution in [3.8, 4) is 0 Å². The molecule has 0 radical (unpaired) electrons. The second-order valence-corrected chi connectivity index (χ2v) is 13.8. The van der Waals surface area contributed by atoms with Crippen LogP contribution in [0.4, 0.5) is 26.3 Å². The zero-order valence-electron chi connectivity index (χ0n) is 24.8. The molecule has 4 amide bonds. The zero-order valence-corrected chi connectivity index (χ0v) is 26.4. The number of alkyl halides is 6. The van der Waals surface area contributed by atoms with Crippen LogP contribution in [0.25, 0.3) is 0 Å². The lowest BCUT2D eigenvalue weighted by Crippen LogP contribution is -2.55. The highest BCUT2D eigenvalue weighted by molar-refractivity contribution is 7.87. The van der Waals surface area contributed by atoms with E-state index in [0.717, 1.165) is 24.3 Å². The Kier molecular flexibility index (Phi) is 8.21. The molecular formula is C31H16F6N2O10S2. The summed E-state index contributed by atoms with van der Waals surface area (Å²) in [6.07, 6.45) is -12.6. The largest absolute Gasteiger partial charge is 0.411 e. The van der Waals surface area contributed by atoms with Gasteiger partial charge in [-0.2, -0.15) is 43.2 Å². The van der Waals surface area contributed by atoms with E-state index in [0.29, 0.717) is 12.1 Å². The van der Waals surface area contributed by atoms with E-state index >= 15 is 26.3 Å². The second-order valence-electron chi connectivity index (χ2n) is 10.8. The van der Waals surface area contributed by atoms with Crippen molar-refractivity contribution >= 4 is 43.9 Å². The van der Waals surface area contributed by atoms with E-state index in [4.69, 9.17) is 0 Å². The topological polar surface area (TPSA) is 161 Å². The number of hydrogen-bond acceptors (Lipinski definition) is 10. The highest BCUT2D eigenvalue weighted by atomic mass is 32.2. The Balaban J connectivity index is 1.43. The second kappa shape index (κ2) is 11.8. The van der Waals surface area contributed by atoms with Crippen LogP contribution in [-0.4, -0.2) is 62.9 Å². The van der Waals surface area contributed by atoms with E-state index in [1.165, 1.54) is 36.4 Å². The van der Waals surface area contributed by atoms with Crippen molar-refractivity contribution in [2.24, 2.45) is 0 Å². The standard InChI is InChI=1S/C31H16F6N2O10S2/c32-30(33,34)29(31(35,36)37,17-11-13-21-23(15-17)27(42)38(25(21)40)48-50(44,45)19-7-3-1-4-8-19)18-12-14-22-24(16-18)28(43)39(26(22)41)49-51(46,47)20-9-5-2-6-10-20/h1-16H. The third kappa shape index (κ3) is 5.55. The Bertz CT molecular complexity index is 2200. The summed E-state index contributed by atoms with van der Waals surface area (Å²) >= 11 is 0. The first-order chi connectivity index (χ1) is 23.7. The van der Waals surface area contributed by atoms with Crippen LogP contribution >= 0.6 is 0 Å². The maximum absolute atomic E-state index is 15.0.